The van der Waals surface area contributed by atoms with E-state index in [0.29, 0.717) is 5.56 Å². The summed E-state index contributed by atoms with van der Waals surface area (Å²) < 4.78 is 9.95. The summed E-state index contributed by atoms with van der Waals surface area (Å²) in [4.78, 5) is 16.2. The van der Waals surface area contributed by atoms with Gasteiger partial charge in [-0.1, -0.05) is 18.2 Å². The number of hydrogen-bond donors (Lipinski definition) is 0. The van der Waals surface area contributed by atoms with Crippen molar-refractivity contribution in [2.75, 3.05) is 14.2 Å². The first-order valence-corrected chi connectivity index (χ1v) is 5.20. The van der Waals surface area contributed by atoms with Gasteiger partial charge >= 0.3 is 0 Å². The molecule has 0 amide bonds. The number of nitrogens with zero attached hydrogens (tertiary/aromatic N) is 1. The van der Waals surface area contributed by atoms with Crippen LogP contribution in [0.25, 0.3) is 10.8 Å². The third-order valence-corrected chi connectivity index (χ3v) is 2.59. The van der Waals surface area contributed by atoms with Gasteiger partial charge in [-0.2, -0.15) is 0 Å². The molecule has 0 aliphatic heterocycles. The van der Waals surface area contributed by atoms with Crippen molar-refractivity contribution in [2.45, 2.75) is 6.29 Å². The molecule has 0 atom stereocenters. The summed E-state index contributed by atoms with van der Waals surface area (Å²) in [5.74, 6) is -0.188. The molecule has 0 N–H and O–H groups in total. The number of ether oxygens (including phenoxy) is 2. The molecule has 0 spiro atoms. The fourth-order valence-electron chi connectivity index (χ4n) is 1.77. The van der Waals surface area contributed by atoms with Gasteiger partial charge in [0.2, 0.25) is 12.1 Å². The zero-order chi connectivity index (χ0) is 12.3. The first kappa shape index (κ1) is 11.7. The van der Waals surface area contributed by atoms with Gasteiger partial charge in [0.15, 0.2) is 0 Å². The molecule has 0 saturated heterocycles. The fourth-order valence-corrected chi connectivity index (χ4v) is 1.77. The van der Waals surface area contributed by atoms with E-state index in [1.54, 1.807) is 18.5 Å². The number of hydrogen-bond acceptors (Lipinski definition) is 4. The Balaban J connectivity index is 2.52. The average molecular weight is 231 g/mol. The second-order valence-electron chi connectivity index (χ2n) is 3.57. The highest BCUT2D eigenvalue weighted by Crippen LogP contribution is 2.19. The number of Topliss-reactive ketones (excluding diaryl/α,β-unsaturated/α-hetero) is 1. The summed E-state index contributed by atoms with van der Waals surface area (Å²) in [5, 5.41) is 1.77. The molecule has 0 radical (unpaired) electrons. The van der Waals surface area contributed by atoms with Gasteiger partial charge in [0.25, 0.3) is 0 Å². The smallest absolute Gasteiger partial charge is 0.222 e. The topological polar surface area (TPSA) is 48.4 Å². The first-order valence-electron chi connectivity index (χ1n) is 5.20. The van der Waals surface area contributed by atoms with E-state index < -0.39 is 6.29 Å². The Morgan fingerprint density at radius 3 is 2.71 bits per heavy atom. The van der Waals surface area contributed by atoms with Crippen LogP contribution in [-0.2, 0) is 9.47 Å². The van der Waals surface area contributed by atoms with Crippen molar-refractivity contribution >= 4 is 16.6 Å². The van der Waals surface area contributed by atoms with Crippen LogP contribution in [0.5, 0.6) is 0 Å². The molecule has 1 aromatic carbocycles. The van der Waals surface area contributed by atoms with E-state index >= 15 is 0 Å². The van der Waals surface area contributed by atoms with Crippen LogP contribution in [-0.4, -0.2) is 31.3 Å². The van der Waals surface area contributed by atoms with Crippen LogP contribution in [0, 0.1) is 0 Å². The van der Waals surface area contributed by atoms with E-state index in [1.807, 2.05) is 18.2 Å². The molecule has 17 heavy (non-hydrogen) atoms. The van der Waals surface area contributed by atoms with E-state index in [0.717, 1.165) is 10.8 Å². The summed E-state index contributed by atoms with van der Waals surface area (Å²) >= 11 is 0. The van der Waals surface area contributed by atoms with Crippen LogP contribution < -0.4 is 0 Å². The lowest BCUT2D eigenvalue weighted by molar-refractivity contribution is -0.0741. The van der Waals surface area contributed by atoms with Crippen molar-refractivity contribution in [2.24, 2.45) is 0 Å². The summed E-state index contributed by atoms with van der Waals surface area (Å²) in [5.41, 5.74) is 0.582. The zero-order valence-corrected chi connectivity index (χ0v) is 9.71. The maximum absolute atomic E-state index is 12.2. The number of carbonyl (C=O) groups is 1. The summed E-state index contributed by atoms with van der Waals surface area (Å²) in [6.07, 6.45) is 2.52. The molecule has 0 aliphatic rings. The van der Waals surface area contributed by atoms with Crippen LogP contribution in [0.4, 0.5) is 0 Å². The molecule has 0 unspecified atom stereocenters. The SMILES string of the molecule is COC(OC)C(=O)c1cccc2cnccc12. The number of methoxy groups -OCH3 is 2. The number of pyridine rings is 1. The number of carbonyl (C=O) groups excluding carboxylic acids is 1. The van der Waals surface area contributed by atoms with Gasteiger partial charge in [-0.25, -0.2) is 0 Å². The lowest BCUT2D eigenvalue weighted by Crippen LogP contribution is -2.25. The van der Waals surface area contributed by atoms with E-state index in [1.165, 1.54) is 14.2 Å². The van der Waals surface area contributed by atoms with Gasteiger partial charge in [-0.05, 0) is 11.5 Å². The molecule has 0 fully saturated rings. The highest BCUT2D eigenvalue weighted by molar-refractivity contribution is 6.09. The zero-order valence-electron chi connectivity index (χ0n) is 9.71. The van der Waals surface area contributed by atoms with Crippen molar-refractivity contribution in [1.82, 2.24) is 4.98 Å². The highest BCUT2D eigenvalue weighted by Gasteiger charge is 2.20. The molecule has 2 rings (SSSR count). The molecule has 2 aromatic rings. The quantitative estimate of drug-likeness (QED) is 0.596. The molecule has 0 saturated carbocycles. The Labute approximate surface area is 99.2 Å². The lowest BCUT2D eigenvalue weighted by atomic mass is 10.0. The highest BCUT2D eigenvalue weighted by atomic mass is 16.7. The number of fused-ring (bicyclic) bond motifs is 1. The van der Waals surface area contributed by atoms with Crippen molar-refractivity contribution in [3.05, 3.63) is 42.2 Å². The Bertz CT molecular complexity index is 530. The predicted molar refractivity (Wildman–Crippen MR) is 63.9 cm³/mol. The lowest BCUT2D eigenvalue weighted by Gasteiger charge is -2.13. The van der Waals surface area contributed by atoms with E-state index in [2.05, 4.69) is 4.98 Å². The molecular formula is C13H13NO3. The number of benzene rings is 1. The second kappa shape index (κ2) is 5.03. The first-order chi connectivity index (χ1) is 8.27. The minimum absolute atomic E-state index is 0.188. The van der Waals surface area contributed by atoms with Gasteiger partial charge in [0.1, 0.15) is 0 Å². The maximum atomic E-state index is 12.2. The van der Waals surface area contributed by atoms with Crippen LogP contribution in [0.2, 0.25) is 0 Å². The average Bonchev–Trinajstić information content (AvgIpc) is 2.39. The number of rotatable bonds is 4. The van der Waals surface area contributed by atoms with Crippen molar-refractivity contribution in [3.8, 4) is 0 Å². The summed E-state index contributed by atoms with van der Waals surface area (Å²) in [7, 11) is 2.89. The van der Waals surface area contributed by atoms with Gasteiger partial charge in [0, 0.05) is 37.6 Å². The van der Waals surface area contributed by atoms with Crippen LogP contribution in [0.1, 0.15) is 10.4 Å². The normalized spacial score (nSPS) is 11.0. The maximum Gasteiger partial charge on any atom is 0.222 e. The minimum atomic E-state index is -0.867. The molecule has 0 bridgehead atoms. The standard InChI is InChI=1S/C13H13NO3/c1-16-13(17-2)12(15)11-5-3-4-9-8-14-7-6-10(9)11/h3-8,13H,1-2H3. The Morgan fingerprint density at radius 2 is 2.00 bits per heavy atom. The Morgan fingerprint density at radius 1 is 1.24 bits per heavy atom. The van der Waals surface area contributed by atoms with Gasteiger partial charge in [0.05, 0.1) is 0 Å². The monoisotopic (exact) mass is 231 g/mol. The number of aromatic nitrogens is 1. The molecule has 4 nitrogen and oxygen atoms in total. The largest absolute Gasteiger partial charge is 0.349 e. The van der Waals surface area contributed by atoms with E-state index in [9.17, 15) is 4.79 Å². The fraction of sp³-hybridized carbons (Fsp3) is 0.231. The van der Waals surface area contributed by atoms with Crippen LogP contribution in [0.15, 0.2) is 36.7 Å². The molecule has 88 valence electrons. The number of ketones is 1. The van der Waals surface area contributed by atoms with E-state index in [4.69, 9.17) is 9.47 Å². The van der Waals surface area contributed by atoms with Crippen molar-refractivity contribution in [1.29, 1.82) is 0 Å². The molecule has 4 heteroatoms. The molecular weight excluding hydrogens is 218 g/mol. The molecule has 1 heterocycles. The second-order valence-corrected chi connectivity index (χ2v) is 3.57. The third kappa shape index (κ3) is 2.18. The molecule has 1 aromatic heterocycles. The Kier molecular flexibility index (Phi) is 3.46. The predicted octanol–water partition coefficient (Wildman–Crippen LogP) is 2.04. The van der Waals surface area contributed by atoms with E-state index in [-0.39, 0.29) is 5.78 Å². The third-order valence-electron chi connectivity index (χ3n) is 2.59. The van der Waals surface area contributed by atoms with Crippen LogP contribution in [0.3, 0.4) is 0 Å². The van der Waals surface area contributed by atoms with Crippen molar-refractivity contribution < 1.29 is 14.3 Å². The minimum Gasteiger partial charge on any atom is -0.349 e. The molecule has 0 aliphatic carbocycles. The van der Waals surface area contributed by atoms with Gasteiger partial charge in [-0.15, -0.1) is 0 Å². The van der Waals surface area contributed by atoms with Crippen molar-refractivity contribution in [3.63, 3.8) is 0 Å². The Hall–Kier alpha value is -1.78. The van der Waals surface area contributed by atoms with Crippen LogP contribution >= 0.6 is 0 Å². The summed E-state index contributed by atoms with van der Waals surface area (Å²) in [6, 6.07) is 7.30. The van der Waals surface area contributed by atoms with Gasteiger partial charge in [-0.3, -0.25) is 9.78 Å². The summed E-state index contributed by atoms with van der Waals surface area (Å²) in [6.45, 7) is 0. The van der Waals surface area contributed by atoms with Gasteiger partial charge < -0.3 is 9.47 Å².